The lowest BCUT2D eigenvalue weighted by molar-refractivity contribution is -0.115. The topological polar surface area (TPSA) is 80.4 Å². The third-order valence-electron chi connectivity index (χ3n) is 3.26. The van der Waals surface area contributed by atoms with Gasteiger partial charge in [-0.15, -0.1) is 0 Å². The summed E-state index contributed by atoms with van der Waals surface area (Å²) in [7, 11) is 0. The predicted molar refractivity (Wildman–Crippen MR) is 93.2 cm³/mol. The number of benzene rings is 1. The highest BCUT2D eigenvalue weighted by molar-refractivity contribution is 8.18. The summed E-state index contributed by atoms with van der Waals surface area (Å²) in [6, 6.07) is 5.94. The zero-order chi connectivity index (χ0) is 15.7. The molecule has 2 heterocycles. The van der Waals surface area contributed by atoms with Gasteiger partial charge in [0.25, 0.3) is 5.91 Å². The lowest BCUT2D eigenvalue weighted by Gasteiger charge is -2.04. The van der Waals surface area contributed by atoms with Gasteiger partial charge in [-0.1, -0.05) is 23.5 Å². The Morgan fingerprint density at radius 1 is 1.36 bits per heavy atom. The molecule has 1 amide bonds. The first kappa shape index (κ1) is 14.8. The van der Waals surface area contributed by atoms with Crippen molar-refractivity contribution in [1.29, 1.82) is 0 Å². The molecule has 3 rings (SSSR count). The summed E-state index contributed by atoms with van der Waals surface area (Å²) in [5, 5.41) is 3.86. The van der Waals surface area contributed by atoms with Crippen molar-refractivity contribution in [3.05, 3.63) is 45.3 Å². The van der Waals surface area contributed by atoms with Crippen LogP contribution in [-0.4, -0.2) is 16.1 Å². The summed E-state index contributed by atoms with van der Waals surface area (Å²) >= 11 is 2.66. The van der Waals surface area contributed by atoms with Gasteiger partial charge < -0.3 is 11.1 Å². The van der Waals surface area contributed by atoms with E-state index in [1.165, 1.54) is 28.7 Å². The quantitative estimate of drug-likeness (QED) is 0.828. The number of aryl methyl sites for hydroxylation is 1. The second-order valence-corrected chi connectivity index (χ2v) is 6.93. The van der Waals surface area contributed by atoms with Crippen LogP contribution in [0.3, 0.4) is 0 Å². The van der Waals surface area contributed by atoms with E-state index in [4.69, 9.17) is 5.73 Å². The molecule has 1 aromatic heterocycles. The normalized spacial score (nSPS) is 18.2. The van der Waals surface area contributed by atoms with E-state index >= 15 is 0 Å². The molecule has 112 valence electrons. The Labute approximate surface area is 136 Å². The van der Waals surface area contributed by atoms with Crippen LogP contribution in [-0.2, 0) is 4.79 Å². The second kappa shape index (κ2) is 5.94. The zero-order valence-electron chi connectivity index (χ0n) is 12.1. The van der Waals surface area contributed by atoms with Crippen LogP contribution in [0.4, 0.5) is 10.8 Å². The SMILES string of the molecule is Cc1cccc(N=C2NC(=O)C(=Cc3cnc(N)s3)S2)c1C. The average Bonchev–Trinajstić information content (AvgIpc) is 3.02. The first-order valence-corrected chi connectivity index (χ1v) is 8.23. The van der Waals surface area contributed by atoms with Crippen LogP contribution in [0, 0.1) is 13.8 Å². The van der Waals surface area contributed by atoms with E-state index in [1.54, 1.807) is 12.3 Å². The number of rotatable bonds is 2. The number of aromatic nitrogens is 1. The van der Waals surface area contributed by atoms with Gasteiger partial charge in [0.2, 0.25) is 0 Å². The van der Waals surface area contributed by atoms with Crippen molar-refractivity contribution >= 4 is 51.1 Å². The molecule has 0 spiro atoms. The molecule has 0 bridgehead atoms. The fraction of sp³-hybridized carbons (Fsp3) is 0.133. The molecule has 0 radical (unpaired) electrons. The van der Waals surface area contributed by atoms with Crippen molar-refractivity contribution in [2.75, 3.05) is 5.73 Å². The molecule has 0 atom stereocenters. The molecule has 1 aliphatic rings. The minimum atomic E-state index is -0.152. The number of amidine groups is 1. The molecular weight excluding hydrogens is 316 g/mol. The number of carbonyl (C=O) groups excluding carboxylic acids is 1. The lowest BCUT2D eigenvalue weighted by atomic mass is 10.1. The van der Waals surface area contributed by atoms with Crippen molar-refractivity contribution in [2.24, 2.45) is 4.99 Å². The summed E-state index contributed by atoms with van der Waals surface area (Å²) < 4.78 is 0. The number of anilines is 1. The van der Waals surface area contributed by atoms with Crippen LogP contribution in [0.1, 0.15) is 16.0 Å². The second-order valence-electron chi connectivity index (χ2n) is 4.80. The third kappa shape index (κ3) is 3.05. The van der Waals surface area contributed by atoms with Crippen molar-refractivity contribution in [2.45, 2.75) is 13.8 Å². The van der Waals surface area contributed by atoms with Crippen molar-refractivity contribution in [1.82, 2.24) is 10.3 Å². The Morgan fingerprint density at radius 3 is 2.91 bits per heavy atom. The number of nitrogens with one attached hydrogen (secondary N) is 1. The fourth-order valence-electron chi connectivity index (χ4n) is 1.94. The number of hydrogen-bond acceptors (Lipinski definition) is 6. The molecule has 0 saturated carbocycles. The Hall–Kier alpha value is -2.12. The molecule has 5 nitrogen and oxygen atoms in total. The zero-order valence-corrected chi connectivity index (χ0v) is 13.7. The van der Waals surface area contributed by atoms with Crippen LogP contribution in [0.25, 0.3) is 6.08 Å². The van der Waals surface area contributed by atoms with Gasteiger partial charge in [-0.2, -0.15) is 0 Å². The largest absolute Gasteiger partial charge is 0.375 e. The monoisotopic (exact) mass is 330 g/mol. The van der Waals surface area contributed by atoms with Gasteiger partial charge in [0, 0.05) is 6.20 Å². The molecule has 2 aromatic rings. The predicted octanol–water partition coefficient (Wildman–Crippen LogP) is 3.23. The molecule has 0 aliphatic carbocycles. The van der Waals surface area contributed by atoms with Gasteiger partial charge in [-0.05, 0) is 48.9 Å². The van der Waals surface area contributed by atoms with Crippen LogP contribution < -0.4 is 11.1 Å². The van der Waals surface area contributed by atoms with E-state index in [0.717, 1.165) is 16.1 Å². The minimum absolute atomic E-state index is 0.152. The first-order chi connectivity index (χ1) is 10.5. The van der Waals surface area contributed by atoms with Crippen LogP contribution in [0.5, 0.6) is 0 Å². The van der Waals surface area contributed by atoms with E-state index < -0.39 is 0 Å². The molecule has 1 aromatic carbocycles. The number of nitrogen functional groups attached to an aromatic ring is 1. The van der Waals surface area contributed by atoms with Crippen molar-refractivity contribution < 1.29 is 4.79 Å². The van der Waals surface area contributed by atoms with Crippen LogP contribution >= 0.6 is 23.1 Å². The summed E-state index contributed by atoms with van der Waals surface area (Å²) in [6.07, 6.45) is 3.43. The molecule has 1 fully saturated rings. The standard InChI is InChI=1S/C15H14N4OS2/c1-8-4-3-5-11(9(8)2)18-15-19-13(20)12(22-15)6-10-7-17-14(16)21-10/h3-7H,1-2H3,(H2,16,17)(H,18,19,20). The number of nitrogens with two attached hydrogens (primary N) is 1. The van der Waals surface area contributed by atoms with E-state index in [1.807, 2.05) is 32.0 Å². The Bertz CT molecular complexity index is 808. The maximum Gasteiger partial charge on any atom is 0.264 e. The lowest BCUT2D eigenvalue weighted by Crippen LogP contribution is -2.19. The van der Waals surface area contributed by atoms with Crippen molar-refractivity contribution in [3.63, 3.8) is 0 Å². The van der Waals surface area contributed by atoms with Gasteiger partial charge >= 0.3 is 0 Å². The number of amides is 1. The summed E-state index contributed by atoms with van der Waals surface area (Å²) in [6.45, 7) is 4.06. The van der Waals surface area contributed by atoms with E-state index in [9.17, 15) is 4.79 Å². The highest BCUT2D eigenvalue weighted by atomic mass is 32.2. The number of carbonyl (C=O) groups is 1. The Balaban J connectivity index is 1.87. The molecule has 7 heteroatoms. The molecule has 3 N–H and O–H groups in total. The maximum absolute atomic E-state index is 12.0. The number of thiazole rings is 1. The maximum atomic E-state index is 12.0. The van der Waals surface area contributed by atoms with Crippen molar-refractivity contribution in [3.8, 4) is 0 Å². The van der Waals surface area contributed by atoms with Gasteiger partial charge in [-0.25, -0.2) is 9.98 Å². The molecule has 1 saturated heterocycles. The molecule has 0 unspecified atom stereocenters. The van der Waals surface area contributed by atoms with Crippen LogP contribution in [0.2, 0.25) is 0 Å². The van der Waals surface area contributed by atoms with Gasteiger partial charge in [0.05, 0.1) is 15.5 Å². The highest BCUT2D eigenvalue weighted by Crippen LogP contribution is 2.30. The highest BCUT2D eigenvalue weighted by Gasteiger charge is 2.24. The van der Waals surface area contributed by atoms with E-state index in [-0.39, 0.29) is 5.91 Å². The van der Waals surface area contributed by atoms with E-state index in [2.05, 4.69) is 15.3 Å². The fourth-order valence-corrected chi connectivity index (χ4v) is 3.47. The average molecular weight is 330 g/mol. The summed E-state index contributed by atoms with van der Waals surface area (Å²) in [5.41, 5.74) is 8.74. The molecule has 1 aliphatic heterocycles. The van der Waals surface area contributed by atoms with Gasteiger partial charge in [-0.3, -0.25) is 4.79 Å². The number of aliphatic imine (C=N–C) groups is 1. The Kier molecular flexibility index (Phi) is 4.00. The summed E-state index contributed by atoms with van der Waals surface area (Å²) in [4.78, 5) is 22.0. The Morgan fingerprint density at radius 2 is 2.18 bits per heavy atom. The number of thioether (sulfide) groups is 1. The third-order valence-corrected chi connectivity index (χ3v) is 4.95. The molecule has 22 heavy (non-hydrogen) atoms. The minimum Gasteiger partial charge on any atom is -0.375 e. The first-order valence-electron chi connectivity index (χ1n) is 6.60. The van der Waals surface area contributed by atoms with E-state index in [0.29, 0.717) is 15.2 Å². The van der Waals surface area contributed by atoms with Crippen LogP contribution in [0.15, 0.2) is 34.3 Å². The van der Waals surface area contributed by atoms with Gasteiger partial charge in [0.15, 0.2) is 10.3 Å². The number of hydrogen-bond donors (Lipinski definition) is 2. The molecular formula is C15H14N4OS2. The van der Waals surface area contributed by atoms with Gasteiger partial charge in [0.1, 0.15) is 0 Å². The smallest absolute Gasteiger partial charge is 0.264 e. The summed E-state index contributed by atoms with van der Waals surface area (Å²) in [5.74, 6) is -0.152. The number of nitrogens with zero attached hydrogens (tertiary/aromatic N) is 2.